The number of azo groups is 1. The van der Waals surface area contributed by atoms with Gasteiger partial charge in [-0.05, 0) is 67.9 Å². The zero-order valence-corrected chi connectivity index (χ0v) is 18.0. The van der Waals surface area contributed by atoms with Gasteiger partial charge in [0.1, 0.15) is 17.3 Å². The summed E-state index contributed by atoms with van der Waals surface area (Å²) in [6.45, 7) is 4.02. The first-order valence-corrected chi connectivity index (χ1v) is 10.7. The Kier molecular flexibility index (Phi) is 5.94. The highest BCUT2D eigenvalue weighted by Gasteiger charge is 2.29. The fourth-order valence-corrected chi connectivity index (χ4v) is 4.21. The van der Waals surface area contributed by atoms with E-state index in [1.165, 1.54) is 0 Å². The molecule has 0 saturated heterocycles. The van der Waals surface area contributed by atoms with Gasteiger partial charge in [0.25, 0.3) is 5.88 Å². The van der Waals surface area contributed by atoms with Crippen LogP contribution in [-0.2, 0) is 4.79 Å². The summed E-state index contributed by atoms with van der Waals surface area (Å²) in [6, 6.07) is 11.0. The molecule has 0 bridgehead atoms. The van der Waals surface area contributed by atoms with E-state index in [9.17, 15) is 20.1 Å². The van der Waals surface area contributed by atoms with E-state index < -0.39 is 11.9 Å². The highest BCUT2D eigenvalue weighted by molar-refractivity contribution is 5.70. The zero-order valence-electron chi connectivity index (χ0n) is 18.0. The third-order valence-corrected chi connectivity index (χ3v) is 6.21. The molecule has 8 heteroatoms. The quantitative estimate of drug-likeness (QED) is 0.372. The number of carboxylic acid groups (broad SMARTS) is 1. The van der Waals surface area contributed by atoms with Crippen LogP contribution in [0.15, 0.2) is 46.6 Å². The number of para-hydroxylation sites is 1. The molecule has 0 aliphatic heterocycles. The summed E-state index contributed by atoms with van der Waals surface area (Å²) in [7, 11) is 0. The number of aliphatic carboxylic acids is 1. The van der Waals surface area contributed by atoms with Gasteiger partial charge in [0.15, 0.2) is 0 Å². The zero-order chi connectivity index (χ0) is 22.8. The monoisotopic (exact) mass is 434 g/mol. The topological polar surface area (TPSA) is 131 Å². The highest BCUT2D eigenvalue weighted by atomic mass is 16.4. The number of imidazole rings is 1. The van der Waals surface area contributed by atoms with Gasteiger partial charge in [-0.25, -0.2) is 0 Å². The molecule has 0 spiro atoms. The second-order valence-corrected chi connectivity index (χ2v) is 8.37. The maximum atomic E-state index is 11.4. The largest absolute Gasteiger partial charge is 0.505 e. The van der Waals surface area contributed by atoms with Gasteiger partial charge in [-0.1, -0.05) is 30.7 Å². The van der Waals surface area contributed by atoms with Gasteiger partial charge in [0.2, 0.25) is 5.82 Å². The Labute approximate surface area is 185 Å². The Morgan fingerprint density at radius 1 is 1.09 bits per heavy atom. The molecule has 4 rings (SSSR count). The Hall–Kier alpha value is -3.68. The number of phenolic OH excluding ortho intramolecular Hbond substituents is 1. The van der Waals surface area contributed by atoms with Gasteiger partial charge in [0, 0.05) is 5.56 Å². The number of carbonyl (C=O) groups is 1. The van der Waals surface area contributed by atoms with Crippen LogP contribution >= 0.6 is 0 Å². The minimum Gasteiger partial charge on any atom is -0.505 e. The molecule has 8 nitrogen and oxygen atoms in total. The normalized spacial score (nSPS) is 18.8. The van der Waals surface area contributed by atoms with Crippen molar-refractivity contribution in [3.63, 3.8) is 0 Å². The van der Waals surface area contributed by atoms with Gasteiger partial charge in [-0.3, -0.25) is 4.79 Å². The molecule has 0 amide bonds. The summed E-state index contributed by atoms with van der Waals surface area (Å²) in [5, 5.41) is 38.5. The lowest BCUT2D eigenvalue weighted by Crippen LogP contribution is -2.21. The van der Waals surface area contributed by atoms with Gasteiger partial charge in [0.05, 0.1) is 5.92 Å². The van der Waals surface area contributed by atoms with E-state index in [0.29, 0.717) is 24.2 Å². The molecule has 1 heterocycles. The molecule has 32 heavy (non-hydrogen) atoms. The molecule has 1 aliphatic rings. The third kappa shape index (κ3) is 4.34. The Morgan fingerprint density at radius 3 is 2.66 bits per heavy atom. The molecule has 2 atom stereocenters. The molecule has 1 fully saturated rings. The van der Waals surface area contributed by atoms with Crippen LogP contribution < -0.4 is 0 Å². The summed E-state index contributed by atoms with van der Waals surface area (Å²) >= 11 is 0. The number of nitrogens with zero attached hydrogens (tertiary/aromatic N) is 3. The number of aromatic hydroxyl groups is 2. The minimum absolute atomic E-state index is 0.0133. The number of aromatic nitrogens is 2. The van der Waals surface area contributed by atoms with E-state index in [4.69, 9.17) is 0 Å². The molecular weight excluding hydrogens is 408 g/mol. The van der Waals surface area contributed by atoms with Crippen LogP contribution in [0.3, 0.4) is 0 Å². The van der Waals surface area contributed by atoms with Crippen LogP contribution in [0.2, 0.25) is 0 Å². The smallest absolute Gasteiger partial charge is 0.306 e. The van der Waals surface area contributed by atoms with Crippen molar-refractivity contribution < 1.29 is 20.1 Å². The van der Waals surface area contributed by atoms with Gasteiger partial charge < -0.3 is 20.3 Å². The fraction of sp³-hybridized carbons (Fsp3) is 0.333. The van der Waals surface area contributed by atoms with E-state index in [1.807, 2.05) is 32.0 Å². The van der Waals surface area contributed by atoms with Crippen molar-refractivity contribution in [1.29, 1.82) is 0 Å². The Bertz CT molecular complexity index is 1180. The number of phenols is 1. The number of hydrogen-bond donors (Lipinski definition) is 4. The predicted molar refractivity (Wildman–Crippen MR) is 120 cm³/mol. The molecule has 166 valence electrons. The summed E-state index contributed by atoms with van der Waals surface area (Å²) in [5.41, 5.74) is 4.02. The SMILES string of the molecule is Cc1ccc(-c2nc(O)c(N=Nc3cccc(C4CCCC(C(=O)O)C4)c3O)[nH]2)cc1C. The number of aromatic amines is 1. The maximum Gasteiger partial charge on any atom is 0.306 e. The van der Waals surface area contributed by atoms with Crippen molar-refractivity contribution in [3.05, 3.63) is 53.1 Å². The first-order valence-electron chi connectivity index (χ1n) is 10.7. The van der Waals surface area contributed by atoms with Gasteiger partial charge in [-0.15, -0.1) is 10.2 Å². The summed E-state index contributed by atoms with van der Waals surface area (Å²) in [6.07, 6.45) is 2.77. The van der Waals surface area contributed by atoms with Gasteiger partial charge >= 0.3 is 5.97 Å². The standard InChI is InChI=1S/C24H26N4O4/c1-13-9-10-16(11-14(13)2)21-25-22(23(30)26-21)28-27-19-8-4-7-18(20(19)29)15-5-3-6-17(12-15)24(31)32/h4,7-11,15,17,29-30H,3,5-6,12H2,1-2H3,(H,25,26)(H,31,32). The Balaban J connectivity index is 1.58. The number of H-pyrrole nitrogens is 1. The highest BCUT2D eigenvalue weighted by Crippen LogP contribution is 2.43. The molecule has 4 N–H and O–H groups in total. The molecule has 2 unspecified atom stereocenters. The van der Waals surface area contributed by atoms with Crippen LogP contribution in [0.1, 0.15) is 48.3 Å². The molecule has 1 saturated carbocycles. The van der Waals surface area contributed by atoms with Crippen LogP contribution in [0, 0.1) is 19.8 Å². The van der Waals surface area contributed by atoms with Crippen molar-refractivity contribution in [2.75, 3.05) is 0 Å². The average molecular weight is 434 g/mol. The third-order valence-electron chi connectivity index (χ3n) is 6.21. The first-order chi connectivity index (χ1) is 15.3. The molecule has 1 aliphatic carbocycles. The number of hydrogen-bond acceptors (Lipinski definition) is 6. The number of carboxylic acids is 1. The second kappa shape index (κ2) is 8.82. The van der Waals surface area contributed by atoms with Crippen molar-refractivity contribution >= 4 is 17.5 Å². The summed E-state index contributed by atoms with van der Waals surface area (Å²) < 4.78 is 0. The fourth-order valence-electron chi connectivity index (χ4n) is 4.21. The van der Waals surface area contributed by atoms with Crippen molar-refractivity contribution in [2.45, 2.75) is 45.4 Å². The van der Waals surface area contributed by atoms with Crippen molar-refractivity contribution in [3.8, 4) is 23.0 Å². The molecule has 3 aromatic rings. The van der Waals surface area contributed by atoms with E-state index in [-0.39, 0.29) is 29.1 Å². The molecule has 2 aromatic carbocycles. The lowest BCUT2D eigenvalue weighted by Gasteiger charge is -2.27. The van der Waals surface area contributed by atoms with E-state index in [0.717, 1.165) is 29.5 Å². The predicted octanol–water partition coefficient (Wildman–Crippen LogP) is 5.88. The minimum atomic E-state index is -0.792. The maximum absolute atomic E-state index is 11.4. The number of aryl methyl sites for hydroxylation is 2. The van der Waals surface area contributed by atoms with Crippen LogP contribution in [0.4, 0.5) is 11.5 Å². The van der Waals surface area contributed by atoms with Crippen molar-refractivity contribution in [1.82, 2.24) is 9.97 Å². The second-order valence-electron chi connectivity index (χ2n) is 8.37. The van der Waals surface area contributed by atoms with E-state index >= 15 is 0 Å². The number of rotatable bonds is 5. The van der Waals surface area contributed by atoms with Crippen LogP contribution in [-0.4, -0.2) is 31.3 Å². The van der Waals surface area contributed by atoms with Crippen molar-refractivity contribution in [2.24, 2.45) is 16.1 Å². The summed E-state index contributed by atoms with van der Waals surface area (Å²) in [5.74, 6) is -0.971. The lowest BCUT2D eigenvalue weighted by molar-refractivity contribution is -0.143. The summed E-state index contributed by atoms with van der Waals surface area (Å²) in [4.78, 5) is 18.5. The van der Waals surface area contributed by atoms with Crippen LogP contribution in [0.5, 0.6) is 11.6 Å². The molecule has 1 aromatic heterocycles. The molecular formula is C24H26N4O4. The van der Waals surface area contributed by atoms with Gasteiger partial charge in [-0.2, -0.15) is 4.98 Å². The van der Waals surface area contributed by atoms with E-state index in [2.05, 4.69) is 20.2 Å². The average Bonchev–Trinajstić information content (AvgIpc) is 3.15. The first kappa shape index (κ1) is 21.5. The molecule has 0 radical (unpaired) electrons. The number of nitrogens with one attached hydrogen (secondary N) is 1. The van der Waals surface area contributed by atoms with Crippen LogP contribution in [0.25, 0.3) is 11.4 Å². The lowest BCUT2D eigenvalue weighted by atomic mass is 9.77. The Morgan fingerprint density at radius 2 is 1.91 bits per heavy atom. The van der Waals surface area contributed by atoms with E-state index in [1.54, 1.807) is 18.2 Å². The number of benzene rings is 2.